The van der Waals surface area contributed by atoms with Crippen molar-refractivity contribution in [3.8, 4) is 0 Å². The van der Waals surface area contributed by atoms with Crippen LogP contribution in [0.15, 0.2) is 24.3 Å². The molecule has 3 aliphatic rings. The molecule has 28 heavy (non-hydrogen) atoms. The molecule has 154 valence electrons. The van der Waals surface area contributed by atoms with Crippen LogP contribution in [0.5, 0.6) is 0 Å². The lowest BCUT2D eigenvalue weighted by Gasteiger charge is -2.47. The second-order valence-electron chi connectivity index (χ2n) is 8.79. The summed E-state index contributed by atoms with van der Waals surface area (Å²) in [5, 5.41) is 0. The molecule has 1 aliphatic carbocycles. The zero-order valence-corrected chi connectivity index (χ0v) is 17.5. The van der Waals surface area contributed by atoms with E-state index < -0.39 is 5.54 Å². The second-order valence-corrected chi connectivity index (χ2v) is 8.79. The number of likely N-dealkylation sites (N-methyl/N-ethyl adjacent to an activating group) is 1. The van der Waals surface area contributed by atoms with Crippen LogP contribution in [-0.4, -0.2) is 85.7 Å². The first-order chi connectivity index (χ1) is 13.7. The van der Waals surface area contributed by atoms with Crippen LogP contribution in [0.2, 0.25) is 0 Å². The maximum absolute atomic E-state index is 14.0. The quantitative estimate of drug-likeness (QED) is 0.777. The van der Waals surface area contributed by atoms with Crippen molar-refractivity contribution in [1.82, 2.24) is 14.7 Å². The Balaban J connectivity index is 1.58. The molecule has 1 aromatic carbocycles. The number of likely N-dealkylation sites (tertiary alicyclic amines) is 1. The van der Waals surface area contributed by atoms with Gasteiger partial charge in [-0.1, -0.05) is 31.2 Å². The molecule has 5 heteroatoms. The Labute approximate surface area is 169 Å². The van der Waals surface area contributed by atoms with Gasteiger partial charge < -0.3 is 14.5 Å². The van der Waals surface area contributed by atoms with Crippen molar-refractivity contribution in [2.75, 3.05) is 59.5 Å². The molecular formula is C23H35N3O2. The Morgan fingerprint density at radius 2 is 1.79 bits per heavy atom. The number of benzene rings is 1. The molecule has 5 nitrogen and oxygen atoms in total. The fraction of sp³-hybridized carbons (Fsp3) is 0.696. The van der Waals surface area contributed by atoms with Crippen molar-refractivity contribution in [1.29, 1.82) is 0 Å². The third-order valence-electron chi connectivity index (χ3n) is 7.12. The van der Waals surface area contributed by atoms with E-state index in [2.05, 4.69) is 45.9 Å². The molecule has 0 radical (unpaired) electrons. The van der Waals surface area contributed by atoms with Crippen molar-refractivity contribution < 1.29 is 9.53 Å². The Morgan fingerprint density at radius 3 is 2.39 bits per heavy atom. The van der Waals surface area contributed by atoms with E-state index in [1.807, 2.05) is 0 Å². The maximum atomic E-state index is 14.0. The monoisotopic (exact) mass is 385 g/mol. The Morgan fingerprint density at radius 1 is 1.11 bits per heavy atom. The lowest BCUT2D eigenvalue weighted by atomic mass is 9.88. The van der Waals surface area contributed by atoms with Gasteiger partial charge in [0.25, 0.3) is 0 Å². The summed E-state index contributed by atoms with van der Waals surface area (Å²) in [6, 6.07) is 8.67. The smallest absolute Gasteiger partial charge is 0.243 e. The molecule has 0 N–H and O–H groups in total. The van der Waals surface area contributed by atoms with Crippen molar-refractivity contribution in [2.24, 2.45) is 5.92 Å². The van der Waals surface area contributed by atoms with Crippen molar-refractivity contribution >= 4 is 5.91 Å². The number of nitrogens with zero attached hydrogens (tertiary/aromatic N) is 3. The van der Waals surface area contributed by atoms with Gasteiger partial charge in [-0.15, -0.1) is 0 Å². The van der Waals surface area contributed by atoms with Crippen LogP contribution in [-0.2, 0) is 22.4 Å². The number of hydrogen-bond acceptors (Lipinski definition) is 4. The Bertz CT molecular complexity index is 657. The normalized spacial score (nSPS) is 25.6. The van der Waals surface area contributed by atoms with Gasteiger partial charge in [-0.2, -0.15) is 0 Å². The summed E-state index contributed by atoms with van der Waals surface area (Å²) in [5.74, 6) is 0.829. The first-order valence-electron chi connectivity index (χ1n) is 11.0. The van der Waals surface area contributed by atoms with E-state index in [4.69, 9.17) is 4.74 Å². The predicted octanol–water partition coefficient (Wildman–Crippen LogP) is 2.05. The first-order valence-corrected chi connectivity index (χ1v) is 11.0. The summed E-state index contributed by atoms with van der Waals surface area (Å²) in [7, 11) is 1.77. The molecule has 2 saturated heterocycles. The SMILES string of the molecule is CCN1CCN(C2(C(=O)N3CCC[C@@H](COC)C3)Cc3ccccc3C2)CC1. The molecular weight excluding hydrogens is 350 g/mol. The molecule has 2 heterocycles. The van der Waals surface area contributed by atoms with Gasteiger partial charge in [0.2, 0.25) is 5.91 Å². The van der Waals surface area contributed by atoms with Crippen LogP contribution >= 0.6 is 0 Å². The number of amides is 1. The van der Waals surface area contributed by atoms with E-state index in [0.717, 1.165) is 71.7 Å². The second kappa shape index (κ2) is 8.52. The van der Waals surface area contributed by atoms with E-state index in [1.54, 1.807) is 7.11 Å². The highest BCUT2D eigenvalue weighted by Crippen LogP contribution is 2.37. The molecule has 2 aliphatic heterocycles. The van der Waals surface area contributed by atoms with Gasteiger partial charge in [0.15, 0.2) is 0 Å². The Hall–Kier alpha value is -1.43. The molecule has 0 aromatic heterocycles. The molecule has 1 amide bonds. The van der Waals surface area contributed by atoms with E-state index in [-0.39, 0.29) is 0 Å². The minimum atomic E-state index is -0.390. The van der Waals surface area contributed by atoms with Gasteiger partial charge in [-0.3, -0.25) is 9.69 Å². The molecule has 4 rings (SSSR count). The summed E-state index contributed by atoms with van der Waals surface area (Å²) in [6.45, 7) is 9.93. The highest BCUT2D eigenvalue weighted by Gasteiger charge is 2.51. The van der Waals surface area contributed by atoms with E-state index in [1.165, 1.54) is 17.5 Å². The average molecular weight is 386 g/mol. The Kier molecular flexibility index (Phi) is 6.04. The third-order valence-corrected chi connectivity index (χ3v) is 7.12. The van der Waals surface area contributed by atoms with Gasteiger partial charge in [-0.25, -0.2) is 0 Å². The molecule has 1 aromatic rings. The largest absolute Gasteiger partial charge is 0.384 e. The van der Waals surface area contributed by atoms with Crippen LogP contribution < -0.4 is 0 Å². The zero-order valence-electron chi connectivity index (χ0n) is 17.5. The van der Waals surface area contributed by atoms with E-state index in [0.29, 0.717) is 11.8 Å². The molecule has 0 spiro atoms. The number of ether oxygens (including phenoxy) is 1. The predicted molar refractivity (Wildman–Crippen MR) is 111 cm³/mol. The van der Waals surface area contributed by atoms with Gasteiger partial charge >= 0.3 is 0 Å². The van der Waals surface area contributed by atoms with Crippen LogP contribution in [0, 0.1) is 5.92 Å². The number of rotatable bonds is 5. The molecule has 0 bridgehead atoms. The fourth-order valence-electron chi connectivity index (χ4n) is 5.51. The number of piperazine rings is 1. The number of piperidine rings is 1. The number of carbonyl (C=O) groups is 1. The van der Waals surface area contributed by atoms with Crippen LogP contribution in [0.25, 0.3) is 0 Å². The number of fused-ring (bicyclic) bond motifs is 1. The third kappa shape index (κ3) is 3.72. The number of carbonyl (C=O) groups excluding carboxylic acids is 1. The molecule has 1 atom stereocenters. The molecule has 0 unspecified atom stereocenters. The standard InChI is InChI=1S/C23H35N3O2/c1-3-24-11-13-26(14-12-24)23(15-20-8-4-5-9-21(20)16-23)22(27)25-10-6-7-19(17-25)18-28-2/h4-5,8-9,19H,3,6-7,10-18H2,1-2H3/t19-/m1/s1. The van der Waals surface area contributed by atoms with Crippen LogP contribution in [0.1, 0.15) is 30.9 Å². The van der Waals surface area contributed by atoms with Crippen molar-refractivity contribution in [3.63, 3.8) is 0 Å². The maximum Gasteiger partial charge on any atom is 0.243 e. The number of hydrogen-bond donors (Lipinski definition) is 0. The minimum absolute atomic E-state index is 0.356. The fourth-order valence-corrected chi connectivity index (χ4v) is 5.51. The van der Waals surface area contributed by atoms with Gasteiger partial charge in [0.1, 0.15) is 5.54 Å². The molecule has 0 saturated carbocycles. The molecule has 2 fully saturated rings. The highest BCUT2D eigenvalue weighted by molar-refractivity contribution is 5.88. The van der Waals surface area contributed by atoms with Crippen LogP contribution in [0.4, 0.5) is 0 Å². The number of methoxy groups -OCH3 is 1. The summed E-state index contributed by atoms with van der Waals surface area (Å²) < 4.78 is 5.40. The lowest BCUT2D eigenvalue weighted by molar-refractivity contribution is -0.148. The van der Waals surface area contributed by atoms with Gasteiger partial charge in [0, 0.05) is 59.2 Å². The average Bonchev–Trinajstić information content (AvgIpc) is 3.14. The van der Waals surface area contributed by atoms with E-state index in [9.17, 15) is 4.79 Å². The topological polar surface area (TPSA) is 36.0 Å². The minimum Gasteiger partial charge on any atom is -0.384 e. The zero-order chi connectivity index (χ0) is 19.6. The van der Waals surface area contributed by atoms with Crippen LogP contribution in [0.3, 0.4) is 0 Å². The summed E-state index contributed by atoms with van der Waals surface area (Å²) >= 11 is 0. The van der Waals surface area contributed by atoms with Crippen molar-refractivity contribution in [2.45, 2.75) is 38.1 Å². The summed E-state index contributed by atoms with van der Waals surface area (Å²) in [5.41, 5.74) is 2.33. The van der Waals surface area contributed by atoms with E-state index >= 15 is 0 Å². The van der Waals surface area contributed by atoms with Gasteiger partial charge in [-0.05, 0) is 36.4 Å². The van der Waals surface area contributed by atoms with Crippen molar-refractivity contribution in [3.05, 3.63) is 35.4 Å². The summed E-state index contributed by atoms with van der Waals surface area (Å²) in [6.07, 6.45) is 3.98. The first kappa shape index (κ1) is 19.9. The van der Waals surface area contributed by atoms with Gasteiger partial charge in [0.05, 0.1) is 6.61 Å². The lowest BCUT2D eigenvalue weighted by Crippen LogP contribution is -2.65. The summed E-state index contributed by atoms with van der Waals surface area (Å²) in [4.78, 5) is 21.2. The highest BCUT2D eigenvalue weighted by atomic mass is 16.5.